The quantitative estimate of drug-likeness (QED) is 0.919. The molecule has 0 saturated carbocycles. The molecule has 6 heteroatoms. The number of nitrogens with zero attached hydrogens (tertiary/aromatic N) is 2. The number of hydrogen-bond donors (Lipinski definition) is 1. The summed E-state index contributed by atoms with van der Waals surface area (Å²) >= 11 is 0. The lowest BCUT2D eigenvalue weighted by molar-refractivity contribution is 0.00755. The molecule has 0 spiro atoms. The van der Waals surface area contributed by atoms with Gasteiger partial charge in [0.1, 0.15) is 11.9 Å². The average molecular weight is 275 g/mol. The molecule has 1 N–H and O–H groups in total. The smallest absolute Gasteiger partial charge is 0.257 e. The van der Waals surface area contributed by atoms with E-state index in [4.69, 9.17) is 14.0 Å². The summed E-state index contributed by atoms with van der Waals surface area (Å²) in [5, 5.41) is 7.26. The van der Waals surface area contributed by atoms with Crippen LogP contribution in [0.25, 0.3) is 11.4 Å². The molecule has 0 radical (unpaired) electrons. The fourth-order valence-electron chi connectivity index (χ4n) is 2.22. The standard InChI is InChI=1S/C14H17N3O3/c1-9-7-10(3-4-11(9)18-2)13-16-14(20-17-13)12-8-15-5-6-19-12/h3-4,7,12,15H,5-6,8H2,1-2H3. The third-order valence-corrected chi connectivity index (χ3v) is 3.30. The van der Waals surface area contributed by atoms with Crippen molar-refractivity contribution in [1.29, 1.82) is 0 Å². The number of rotatable bonds is 3. The Kier molecular flexibility index (Phi) is 3.66. The van der Waals surface area contributed by atoms with Gasteiger partial charge in [-0.25, -0.2) is 0 Å². The highest BCUT2D eigenvalue weighted by atomic mass is 16.5. The van der Waals surface area contributed by atoms with Crippen molar-refractivity contribution in [1.82, 2.24) is 15.5 Å². The Morgan fingerprint density at radius 1 is 1.40 bits per heavy atom. The van der Waals surface area contributed by atoms with E-state index in [1.54, 1.807) is 7.11 Å². The van der Waals surface area contributed by atoms with Crippen LogP contribution in [0.2, 0.25) is 0 Å². The number of benzene rings is 1. The van der Waals surface area contributed by atoms with Crippen molar-refractivity contribution in [3.05, 3.63) is 29.7 Å². The topological polar surface area (TPSA) is 69.4 Å². The highest BCUT2D eigenvalue weighted by Gasteiger charge is 2.22. The molecule has 0 bridgehead atoms. The van der Waals surface area contributed by atoms with Gasteiger partial charge in [-0.2, -0.15) is 4.98 Å². The molecular formula is C14H17N3O3. The molecule has 6 nitrogen and oxygen atoms in total. The van der Waals surface area contributed by atoms with E-state index in [0.29, 0.717) is 24.9 Å². The van der Waals surface area contributed by atoms with Gasteiger partial charge in [-0.05, 0) is 30.7 Å². The summed E-state index contributed by atoms with van der Waals surface area (Å²) < 4.78 is 16.1. The zero-order valence-electron chi connectivity index (χ0n) is 11.5. The van der Waals surface area contributed by atoms with Gasteiger partial charge in [0.15, 0.2) is 0 Å². The van der Waals surface area contributed by atoms with Crippen LogP contribution >= 0.6 is 0 Å². The van der Waals surface area contributed by atoms with E-state index < -0.39 is 0 Å². The van der Waals surface area contributed by atoms with Crippen molar-refractivity contribution >= 4 is 0 Å². The maximum Gasteiger partial charge on any atom is 0.257 e. The lowest BCUT2D eigenvalue weighted by Crippen LogP contribution is -2.33. The number of aryl methyl sites for hydroxylation is 1. The molecule has 1 fully saturated rings. The Morgan fingerprint density at radius 3 is 3.00 bits per heavy atom. The van der Waals surface area contributed by atoms with Gasteiger partial charge in [0.2, 0.25) is 5.82 Å². The monoisotopic (exact) mass is 275 g/mol. The zero-order chi connectivity index (χ0) is 13.9. The number of methoxy groups -OCH3 is 1. The molecular weight excluding hydrogens is 258 g/mol. The number of ether oxygens (including phenoxy) is 2. The molecule has 1 atom stereocenters. The van der Waals surface area contributed by atoms with Gasteiger partial charge in [0.05, 0.1) is 13.7 Å². The fourth-order valence-corrected chi connectivity index (χ4v) is 2.22. The molecule has 1 saturated heterocycles. The number of nitrogens with one attached hydrogen (secondary N) is 1. The molecule has 1 unspecified atom stereocenters. The summed E-state index contributed by atoms with van der Waals surface area (Å²) in [6.45, 7) is 4.19. The molecule has 2 heterocycles. The summed E-state index contributed by atoms with van der Waals surface area (Å²) in [5.41, 5.74) is 1.94. The van der Waals surface area contributed by atoms with Crippen LogP contribution in [-0.2, 0) is 4.74 Å². The number of hydrogen-bond acceptors (Lipinski definition) is 6. The van der Waals surface area contributed by atoms with Crippen LogP contribution in [0.5, 0.6) is 5.75 Å². The van der Waals surface area contributed by atoms with E-state index in [1.165, 1.54) is 0 Å². The molecule has 106 valence electrons. The minimum absolute atomic E-state index is 0.163. The Hall–Kier alpha value is -1.92. The van der Waals surface area contributed by atoms with E-state index in [9.17, 15) is 0 Å². The van der Waals surface area contributed by atoms with Gasteiger partial charge in [-0.3, -0.25) is 0 Å². The maximum atomic E-state index is 5.59. The van der Waals surface area contributed by atoms with Crippen LogP contribution in [0.4, 0.5) is 0 Å². The molecule has 1 aromatic heterocycles. The number of morpholine rings is 1. The Labute approximate surface area is 117 Å². The minimum Gasteiger partial charge on any atom is -0.496 e. The van der Waals surface area contributed by atoms with Crippen LogP contribution in [-0.4, -0.2) is 36.9 Å². The SMILES string of the molecule is COc1ccc(-c2noc(C3CNCCO3)n2)cc1C. The van der Waals surface area contributed by atoms with Gasteiger partial charge < -0.3 is 19.3 Å². The first-order valence-electron chi connectivity index (χ1n) is 6.59. The summed E-state index contributed by atoms with van der Waals surface area (Å²) in [4.78, 5) is 4.42. The van der Waals surface area contributed by atoms with Gasteiger partial charge >= 0.3 is 0 Å². The van der Waals surface area contributed by atoms with Gasteiger partial charge in [0, 0.05) is 18.7 Å². The van der Waals surface area contributed by atoms with E-state index >= 15 is 0 Å². The van der Waals surface area contributed by atoms with Crippen molar-refractivity contribution in [3.8, 4) is 17.1 Å². The van der Waals surface area contributed by atoms with E-state index in [1.807, 2.05) is 25.1 Å². The zero-order valence-corrected chi connectivity index (χ0v) is 11.5. The van der Waals surface area contributed by atoms with Crippen molar-refractivity contribution in [3.63, 3.8) is 0 Å². The van der Waals surface area contributed by atoms with Gasteiger partial charge in [-0.15, -0.1) is 0 Å². The van der Waals surface area contributed by atoms with Crippen molar-refractivity contribution in [2.75, 3.05) is 26.8 Å². The normalized spacial score (nSPS) is 19.0. The maximum absolute atomic E-state index is 5.59. The second kappa shape index (κ2) is 5.60. The molecule has 1 aliphatic heterocycles. The lowest BCUT2D eigenvalue weighted by Gasteiger charge is -2.19. The Bertz CT molecular complexity index is 591. The average Bonchev–Trinajstić information content (AvgIpc) is 2.98. The Balaban J connectivity index is 1.84. The first-order valence-corrected chi connectivity index (χ1v) is 6.59. The molecule has 2 aromatic rings. The van der Waals surface area contributed by atoms with Gasteiger partial charge in [0.25, 0.3) is 5.89 Å². The second-order valence-corrected chi connectivity index (χ2v) is 4.70. The largest absolute Gasteiger partial charge is 0.496 e. The second-order valence-electron chi connectivity index (χ2n) is 4.70. The van der Waals surface area contributed by atoms with Gasteiger partial charge in [-0.1, -0.05) is 5.16 Å². The van der Waals surface area contributed by atoms with E-state index in [0.717, 1.165) is 23.4 Å². The predicted octanol–water partition coefficient (Wildman–Crippen LogP) is 1.71. The molecule has 0 amide bonds. The minimum atomic E-state index is -0.163. The van der Waals surface area contributed by atoms with Crippen molar-refractivity contribution < 1.29 is 14.0 Å². The highest BCUT2D eigenvalue weighted by Crippen LogP contribution is 2.26. The van der Waals surface area contributed by atoms with Crippen LogP contribution in [0, 0.1) is 6.92 Å². The molecule has 3 rings (SSSR count). The summed E-state index contributed by atoms with van der Waals surface area (Å²) in [5.74, 6) is 1.93. The van der Waals surface area contributed by atoms with Crippen LogP contribution in [0.3, 0.4) is 0 Å². The van der Waals surface area contributed by atoms with E-state index in [2.05, 4.69) is 15.5 Å². The molecule has 1 aliphatic rings. The predicted molar refractivity (Wildman–Crippen MR) is 72.6 cm³/mol. The summed E-state index contributed by atoms with van der Waals surface area (Å²) in [7, 11) is 1.65. The molecule has 1 aromatic carbocycles. The van der Waals surface area contributed by atoms with Crippen LogP contribution in [0.1, 0.15) is 17.6 Å². The third kappa shape index (κ3) is 2.52. The first-order chi connectivity index (χ1) is 9.78. The van der Waals surface area contributed by atoms with Crippen molar-refractivity contribution in [2.24, 2.45) is 0 Å². The van der Waals surface area contributed by atoms with Crippen LogP contribution < -0.4 is 10.1 Å². The first kappa shape index (κ1) is 13.1. The Morgan fingerprint density at radius 2 is 2.30 bits per heavy atom. The molecule has 20 heavy (non-hydrogen) atoms. The summed E-state index contributed by atoms with van der Waals surface area (Å²) in [6, 6.07) is 5.80. The number of aromatic nitrogens is 2. The third-order valence-electron chi connectivity index (χ3n) is 3.30. The van der Waals surface area contributed by atoms with Crippen LogP contribution in [0.15, 0.2) is 22.7 Å². The molecule has 0 aliphatic carbocycles. The lowest BCUT2D eigenvalue weighted by atomic mass is 10.1. The highest BCUT2D eigenvalue weighted by molar-refractivity contribution is 5.58. The summed E-state index contributed by atoms with van der Waals surface area (Å²) in [6.07, 6.45) is -0.163. The fraction of sp³-hybridized carbons (Fsp3) is 0.429. The van der Waals surface area contributed by atoms with Crippen molar-refractivity contribution in [2.45, 2.75) is 13.0 Å². The van der Waals surface area contributed by atoms with E-state index in [-0.39, 0.29) is 6.10 Å².